The summed E-state index contributed by atoms with van der Waals surface area (Å²) in [6.45, 7) is 4.73. The van der Waals surface area contributed by atoms with Gasteiger partial charge in [0, 0.05) is 17.3 Å². The molecule has 5 rings (SSSR count). The summed E-state index contributed by atoms with van der Waals surface area (Å²) >= 11 is 1.32. The molecule has 146 valence electrons. The molecule has 0 saturated heterocycles. The van der Waals surface area contributed by atoms with Gasteiger partial charge in [-0.2, -0.15) is 0 Å². The van der Waals surface area contributed by atoms with Crippen LogP contribution in [-0.4, -0.2) is 17.7 Å². The summed E-state index contributed by atoms with van der Waals surface area (Å²) in [6.07, 6.45) is 0. The quantitative estimate of drug-likeness (QED) is 0.530. The van der Waals surface area contributed by atoms with Gasteiger partial charge >= 0.3 is 0 Å². The Balaban J connectivity index is 1.44. The Morgan fingerprint density at radius 3 is 2.86 bits per heavy atom. The molecule has 2 aromatic heterocycles. The van der Waals surface area contributed by atoms with Crippen molar-refractivity contribution >= 4 is 44.1 Å². The minimum absolute atomic E-state index is 0.208. The molecule has 1 aliphatic heterocycles. The second-order valence-electron chi connectivity index (χ2n) is 7.14. The zero-order valence-corrected chi connectivity index (χ0v) is 16.9. The van der Waals surface area contributed by atoms with Crippen LogP contribution in [0.2, 0.25) is 0 Å². The molecule has 29 heavy (non-hydrogen) atoms. The van der Waals surface area contributed by atoms with E-state index in [9.17, 15) is 4.79 Å². The lowest BCUT2D eigenvalue weighted by atomic mass is 10.0. The predicted octanol–water partition coefficient (Wildman–Crippen LogP) is 4.31. The standard InChI is InChI=1S/C22H19N3O3S/c1-11-3-5-14-8-15-18(23)20(29-22(15)25-19(14)12(11)2)21(26)24-9-13-4-6-16-17(7-13)28-10-27-16/h3-8H,9-10,23H2,1-2H3,(H,24,26). The van der Waals surface area contributed by atoms with E-state index >= 15 is 0 Å². The van der Waals surface area contributed by atoms with E-state index in [4.69, 9.17) is 20.2 Å². The molecule has 7 heteroatoms. The molecule has 0 radical (unpaired) electrons. The molecule has 0 spiro atoms. The van der Waals surface area contributed by atoms with Gasteiger partial charge < -0.3 is 20.5 Å². The number of nitrogens with two attached hydrogens (primary N) is 1. The van der Waals surface area contributed by atoms with Crippen LogP contribution < -0.4 is 20.5 Å². The summed E-state index contributed by atoms with van der Waals surface area (Å²) in [4.78, 5) is 18.8. The molecule has 0 atom stereocenters. The Morgan fingerprint density at radius 1 is 1.17 bits per heavy atom. The van der Waals surface area contributed by atoms with Crippen LogP contribution >= 0.6 is 11.3 Å². The number of pyridine rings is 1. The first-order valence-electron chi connectivity index (χ1n) is 9.27. The van der Waals surface area contributed by atoms with Crippen molar-refractivity contribution in [3.8, 4) is 11.5 Å². The van der Waals surface area contributed by atoms with E-state index in [0.717, 1.165) is 38.0 Å². The lowest BCUT2D eigenvalue weighted by Gasteiger charge is -2.06. The van der Waals surface area contributed by atoms with E-state index in [1.54, 1.807) is 0 Å². The molecule has 2 aromatic carbocycles. The molecule has 4 aromatic rings. The number of fused-ring (bicyclic) bond motifs is 3. The van der Waals surface area contributed by atoms with Gasteiger partial charge in [-0.1, -0.05) is 18.2 Å². The number of nitrogens with zero attached hydrogens (tertiary/aromatic N) is 1. The summed E-state index contributed by atoms with van der Waals surface area (Å²) in [7, 11) is 0. The molecule has 0 unspecified atom stereocenters. The lowest BCUT2D eigenvalue weighted by molar-refractivity contribution is 0.0955. The molecule has 0 fully saturated rings. The highest BCUT2D eigenvalue weighted by Gasteiger charge is 2.19. The van der Waals surface area contributed by atoms with Crippen LogP contribution in [0.5, 0.6) is 11.5 Å². The van der Waals surface area contributed by atoms with Crippen LogP contribution in [0, 0.1) is 13.8 Å². The van der Waals surface area contributed by atoms with Gasteiger partial charge in [-0.05, 0) is 48.7 Å². The number of thiophene rings is 1. The number of benzene rings is 2. The van der Waals surface area contributed by atoms with E-state index in [0.29, 0.717) is 22.9 Å². The van der Waals surface area contributed by atoms with Crippen molar-refractivity contribution in [1.82, 2.24) is 10.3 Å². The molecule has 0 saturated carbocycles. The fraction of sp³-hybridized carbons (Fsp3) is 0.182. The van der Waals surface area contributed by atoms with Crippen molar-refractivity contribution in [3.05, 3.63) is 58.0 Å². The fourth-order valence-electron chi connectivity index (χ4n) is 3.49. The molecule has 3 heterocycles. The van der Waals surface area contributed by atoms with E-state index in [2.05, 4.69) is 25.2 Å². The van der Waals surface area contributed by atoms with Crippen LogP contribution in [0.1, 0.15) is 26.4 Å². The maximum absolute atomic E-state index is 12.8. The Labute approximate surface area is 171 Å². The third kappa shape index (κ3) is 2.94. The van der Waals surface area contributed by atoms with Gasteiger partial charge in [-0.15, -0.1) is 11.3 Å². The summed E-state index contributed by atoms with van der Waals surface area (Å²) in [5.41, 5.74) is 11.0. The number of ether oxygens (including phenoxy) is 2. The first-order valence-corrected chi connectivity index (χ1v) is 10.1. The number of nitrogen functional groups attached to an aromatic ring is 1. The van der Waals surface area contributed by atoms with Gasteiger partial charge in [-0.3, -0.25) is 4.79 Å². The smallest absolute Gasteiger partial charge is 0.263 e. The van der Waals surface area contributed by atoms with Gasteiger partial charge in [-0.25, -0.2) is 4.98 Å². The normalized spacial score (nSPS) is 12.6. The van der Waals surface area contributed by atoms with Crippen molar-refractivity contribution in [2.45, 2.75) is 20.4 Å². The number of hydrogen-bond donors (Lipinski definition) is 2. The first-order chi connectivity index (χ1) is 14.0. The summed E-state index contributed by atoms with van der Waals surface area (Å²) in [6, 6.07) is 11.8. The molecule has 3 N–H and O–H groups in total. The number of amides is 1. The first kappa shape index (κ1) is 17.8. The van der Waals surface area contributed by atoms with E-state index in [1.165, 1.54) is 16.9 Å². The topological polar surface area (TPSA) is 86.5 Å². The maximum atomic E-state index is 12.8. The van der Waals surface area contributed by atoms with Crippen molar-refractivity contribution in [2.24, 2.45) is 0 Å². The Hall–Kier alpha value is -3.32. The minimum atomic E-state index is -0.208. The number of nitrogens with one attached hydrogen (secondary N) is 1. The SMILES string of the molecule is Cc1ccc2cc3c(N)c(C(=O)NCc4ccc5c(c4)OCO5)sc3nc2c1C. The fourth-order valence-corrected chi connectivity index (χ4v) is 4.49. The van der Waals surface area contributed by atoms with Crippen LogP contribution in [0.3, 0.4) is 0 Å². The van der Waals surface area contributed by atoms with Crippen molar-refractivity contribution in [3.63, 3.8) is 0 Å². The van der Waals surface area contributed by atoms with Crippen LogP contribution in [0.15, 0.2) is 36.4 Å². The van der Waals surface area contributed by atoms with Crippen molar-refractivity contribution in [2.75, 3.05) is 12.5 Å². The molecule has 1 aliphatic rings. The second-order valence-corrected chi connectivity index (χ2v) is 8.13. The third-order valence-corrected chi connectivity index (χ3v) is 6.42. The summed E-state index contributed by atoms with van der Waals surface area (Å²) in [5, 5.41) is 4.78. The van der Waals surface area contributed by atoms with Crippen LogP contribution in [0.25, 0.3) is 21.1 Å². The van der Waals surface area contributed by atoms with Gasteiger partial charge in [0.05, 0.1) is 11.2 Å². The van der Waals surface area contributed by atoms with E-state index < -0.39 is 0 Å². The molecular formula is C22H19N3O3S. The van der Waals surface area contributed by atoms with Gasteiger partial charge in [0.15, 0.2) is 11.5 Å². The molecule has 6 nitrogen and oxygen atoms in total. The number of aryl methyl sites for hydroxylation is 2. The molecule has 0 aliphatic carbocycles. The van der Waals surface area contributed by atoms with Crippen molar-refractivity contribution < 1.29 is 14.3 Å². The van der Waals surface area contributed by atoms with Gasteiger partial charge in [0.1, 0.15) is 9.71 Å². The largest absolute Gasteiger partial charge is 0.454 e. The number of rotatable bonds is 3. The lowest BCUT2D eigenvalue weighted by Crippen LogP contribution is -2.22. The summed E-state index contributed by atoms with van der Waals surface area (Å²) in [5.74, 6) is 1.21. The zero-order valence-electron chi connectivity index (χ0n) is 16.0. The maximum Gasteiger partial charge on any atom is 0.263 e. The van der Waals surface area contributed by atoms with Crippen LogP contribution in [0.4, 0.5) is 5.69 Å². The van der Waals surface area contributed by atoms with E-state index in [-0.39, 0.29) is 12.7 Å². The second kappa shape index (κ2) is 6.63. The van der Waals surface area contributed by atoms with Gasteiger partial charge in [0.25, 0.3) is 5.91 Å². The minimum Gasteiger partial charge on any atom is -0.454 e. The average Bonchev–Trinajstić information content (AvgIpc) is 3.32. The Kier molecular flexibility index (Phi) is 4.06. The Bertz CT molecular complexity index is 1300. The zero-order chi connectivity index (χ0) is 20.1. The van der Waals surface area contributed by atoms with E-state index in [1.807, 2.05) is 30.3 Å². The van der Waals surface area contributed by atoms with Gasteiger partial charge in [0.2, 0.25) is 6.79 Å². The monoisotopic (exact) mass is 405 g/mol. The highest BCUT2D eigenvalue weighted by Crippen LogP contribution is 2.36. The number of hydrogen-bond acceptors (Lipinski definition) is 6. The number of carbonyl (C=O) groups excluding carboxylic acids is 1. The molecule has 1 amide bonds. The van der Waals surface area contributed by atoms with Crippen LogP contribution in [-0.2, 0) is 6.54 Å². The molecule has 0 bridgehead atoms. The third-order valence-electron chi connectivity index (χ3n) is 5.31. The van der Waals surface area contributed by atoms with Crippen molar-refractivity contribution in [1.29, 1.82) is 0 Å². The Morgan fingerprint density at radius 2 is 2.00 bits per heavy atom. The number of aromatic nitrogens is 1. The number of carbonyl (C=O) groups is 1. The predicted molar refractivity (Wildman–Crippen MR) is 115 cm³/mol. The highest BCUT2D eigenvalue weighted by atomic mass is 32.1. The summed E-state index contributed by atoms with van der Waals surface area (Å²) < 4.78 is 10.7. The molecular weight excluding hydrogens is 386 g/mol. The highest BCUT2D eigenvalue weighted by molar-refractivity contribution is 7.21. The number of anilines is 1. The average molecular weight is 405 g/mol.